The summed E-state index contributed by atoms with van der Waals surface area (Å²) in [7, 11) is 3.65. The summed E-state index contributed by atoms with van der Waals surface area (Å²) in [5, 5.41) is 21.3. The minimum absolute atomic E-state index is 0.322. The molecule has 0 aromatic carbocycles. The third-order valence-corrected chi connectivity index (χ3v) is 6.14. The van der Waals surface area contributed by atoms with Crippen molar-refractivity contribution in [2.24, 2.45) is 7.05 Å². The maximum absolute atomic E-state index is 6.04. The Labute approximate surface area is 227 Å². The number of nitrogens with one attached hydrogen (secondary N) is 4. The molecule has 1 aliphatic rings. The molecule has 37 heavy (non-hydrogen) atoms. The molecule has 1 aliphatic heterocycles. The third kappa shape index (κ3) is 6.64. The number of hydrogen-bond donors (Lipinski definition) is 4. The van der Waals surface area contributed by atoms with Crippen molar-refractivity contribution < 1.29 is 4.74 Å². The summed E-state index contributed by atoms with van der Waals surface area (Å²) >= 11 is 9.39. The van der Waals surface area contributed by atoms with Gasteiger partial charge in [0.15, 0.2) is 0 Å². The van der Waals surface area contributed by atoms with Gasteiger partial charge in [0.1, 0.15) is 22.5 Å². The van der Waals surface area contributed by atoms with Gasteiger partial charge in [-0.1, -0.05) is 11.6 Å². The molecule has 0 amide bonds. The summed E-state index contributed by atoms with van der Waals surface area (Å²) in [4.78, 5) is 17.0. The van der Waals surface area contributed by atoms with Crippen LogP contribution >= 0.6 is 27.5 Å². The van der Waals surface area contributed by atoms with Crippen molar-refractivity contribution in [3.05, 3.63) is 46.0 Å². The lowest BCUT2D eigenvalue weighted by Gasteiger charge is -2.25. The van der Waals surface area contributed by atoms with E-state index < -0.39 is 0 Å². The first-order chi connectivity index (χ1) is 17.9. The number of halogens is 2. The van der Waals surface area contributed by atoms with Crippen LogP contribution in [0, 0.1) is 6.92 Å². The molecule has 1 fully saturated rings. The second-order valence-corrected chi connectivity index (χ2v) is 9.21. The summed E-state index contributed by atoms with van der Waals surface area (Å²) in [6.07, 6.45) is 6.93. The molecule has 0 unspecified atom stereocenters. The van der Waals surface area contributed by atoms with Gasteiger partial charge < -0.3 is 26.0 Å². The zero-order valence-electron chi connectivity index (χ0n) is 20.8. The zero-order valence-corrected chi connectivity index (χ0v) is 23.2. The molecule has 4 aromatic rings. The minimum atomic E-state index is 0.322. The quantitative estimate of drug-likeness (QED) is 0.235. The smallest absolute Gasteiger partial charge is 0.230 e. The van der Waals surface area contributed by atoms with Crippen LogP contribution in [0.1, 0.15) is 18.7 Å². The number of rotatable bonds is 8. The van der Waals surface area contributed by atoms with Crippen molar-refractivity contribution in [1.29, 1.82) is 0 Å². The Hall–Kier alpha value is -3.49. The van der Waals surface area contributed by atoms with Gasteiger partial charge in [-0.3, -0.25) is 9.36 Å². The lowest BCUT2D eigenvalue weighted by molar-refractivity contribution is -0.0287. The van der Waals surface area contributed by atoms with Crippen molar-refractivity contribution in [1.82, 2.24) is 39.5 Å². The van der Waals surface area contributed by atoms with Gasteiger partial charge in [-0.25, -0.2) is 9.97 Å². The second kappa shape index (κ2) is 12.2. The lowest BCUT2D eigenvalue weighted by Crippen LogP contribution is -2.30. The first-order valence-corrected chi connectivity index (χ1v) is 12.7. The Morgan fingerprint density at radius 1 is 1.14 bits per heavy atom. The average molecular weight is 592 g/mol. The SMILES string of the molecule is CCNc1nc(Nc2cn(C3COC3)nc2C)ncc1Cl.CNc1nc(Nc2ccnn2C)ncc1Br. The predicted molar refractivity (Wildman–Crippen MR) is 147 cm³/mol. The minimum Gasteiger partial charge on any atom is -0.377 e. The summed E-state index contributed by atoms with van der Waals surface area (Å²) in [5.41, 5.74) is 1.78. The molecule has 0 aliphatic carbocycles. The average Bonchev–Trinajstić information content (AvgIpc) is 3.41. The van der Waals surface area contributed by atoms with E-state index in [1.807, 2.05) is 37.8 Å². The van der Waals surface area contributed by atoms with Crippen LogP contribution in [0.15, 0.2) is 35.3 Å². The Morgan fingerprint density at radius 2 is 1.86 bits per heavy atom. The number of hydrogen-bond acceptors (Lipinski definition) is 11. The van der Waals surface area contributed by atoms with Crippen LogP contribution < -0.4 is 21.3 Å². The number of anilines is 6. The van der Waals surface area contributed by atoms with Gasteiger partial charge in [0.25, 0.3) is 0 Å². The first-order valence-electron chi connectivity index (χ1n) is 11.5. The van der Waals surface area contributed by atoms with Crippen LogP contribution in [-0.2, 0) is 11.8 Å². The molecule has 0 bridgehead atoms. The highest BCUT2D eigenvalue weighted by Crippen LogP contribution is 2.25. The number of nitrogens with zero attached hydrogens (tertiary/aromatic N) is 8. The van der Waals surface area contributed by atoms with E-state index in [9.17, 15) is 0 Å². The summed E-state index contributed by atoms with van der Waals surface area (Å²) < 4.78 is 9.64. The molecule has 0 radical (unpaired) electrons. The summed E-state index contributed by atoms with van der Waals surface area (Å²) in [6.45, 7) is 6.10. The number of aryl methyl sites for hydroxylation is 2. The highest BCUT2D eigenvalue weighted by Gasteiger charge is 2.22. The molecule has 15 heteroatoms. The van der Waals surface area contributed by atoms with Crippen molar-refractivity contribution >= 4 is 62.6 Å². The van der Waals surface area contributed by atoms with Gasteiger partial charge >= 0.3 is 0 Å². The molecule has 5 heterocycles. The van der Waals surface area contributed by atoms with E-state index in [0.717, 1.165) is 34.0 Å². The van der Waals surface area contributed by atoms with Gasteiger partial charge in [0.05, 0.1) is 47.5 Å². The van der Waals surface area contributed by atoms with Gasteiger partial charge in [0.2, 0.25) is 11.9 Å². The molecule has 1 saturated heterocycles. The molecule has 4 N–H and O–H groups in total. The van der Waals surface area contributed by atoms with E-state index in [0.29, 0.717) is 42.0 Å². The van der Waals surface area contributed by atoms with E-state index >= 15 is 0 Å². The van der Waals surface area contributed by atoms with Crippen LogP contribution in [0.4, 0.5) is 35.0 Å². The fourth-order valence-electron chi connectivity index (χ4n) is 3.22. The molecular formula is C22H28BrClN12O. The maximum Gasteiger partial charge on any atom is 0.230 e. The van der Waals surface area contributed by atoms with Gasteiger partial charge in [-0.15, -0.1) is 0 Å². The molecule has 0 saturated carbocycles. The van der Waals surface area contributed by atoms with Crippen molar-refractivity contribution in [3.63, 3.8) is 0 Å². The fourth-order valence-corrected chi connectivity index (χ4v) is 3.77. The molecule has 0 spiro atoms. The Balaban J connectivity index is 0.000000180. The fraction of sp³-hybridized carbons (Fsp3) is 0.364. The Kier molecular flexibility index (Phi) is 8.74. The van der Waals surface area contributed by atoms with E-state index in [1.165, 1.54) is 0 Å². The summed E-state index contributed by atoms with van der Waals surface area (Å²) in [5.74, 6) is 3.21. The Morgan fingerprint density at radius 3 is 2.51 bits per heavy atom. The Bertz CT molecular complexity index is 1340. The van der Waals surface area contributed by atoms with Crippen LogP contribution in [0.5, 0.6) is 0 Å². The van der Waals surface area contributed by atoms with Crippen LogP contribution in [0.3, 0.4) is 0 Å². The summed E-state index contributed by atoms with van der Waals surface area (Å²) in [6, 6.07) is 2.17. The van der Waals surface area contributed by atoms with Gasteiger partial charge in [-0.2, -0.15) is 20.2 Å². The highest BCUT2D eigenvalue weighted by atomic mass is 79.9. The topological polar surface area (TPSA) is 145 Å². The molecule has 13 nitrogen and oxygen atoms in total. The van der Waals surface area contributed by atoms with Crippen molar-refractivity contribution in [2.75, 3.05) is 48.1 Å². The molecule has 0 atom stereocenters. The highest BCUT2D eigenvalue weighted by molar-refractivity contribution is 9.10. The monoisotopic (exact) mass is 590 g/mol. The van der Waals surface area contributed by atoms with E-state index in [-0.39, 0.29) is 0 Å². The number of aromatic nitrogens is 8. The second-order valence-electron chi connectivity index (χ2n) is 7.95. The van der Waals surface area contributed by atoms with Crippen LogP contribution in [-0.4, -0.2) is 66.3 Å². The zero-order chi connectivity index (χ0) is 26.4. The van der Waals surface area contributed by atoms with Crippen molar-refractivity contribution in [2.45, 2.75) is 19.9 Å². The van der Waals surface area contributed by atoms with Gasteiger partial charge in [0, 0.05) is 39.1 Å². The maximum atomic E-state index is 6.04. The largest absolute Gasteiger partial charge is 0.377 e. The lowest BCUT2D eigenvalue weighted by atomic mass is 10.3. The molecular weight excluding hydrogens is 564 g/mol. The molecule has 4 aromatic heterocycles. The first kappa shape index (κ1) is 26.6. The van der Waals surface area contributed by atoms with Gasteiger partial charge in [-0.05, 0) is 29.8 Å². The molecule has 196 valence electrons. The number of ether oxygens (including phenoxy) is 1. The molecule has 5 rings (SSSR count). The van der Waals surface area contributed by atoms with Crippen LogP contribution in [0.25, 0.3) is 0 Å². The standard InChI is InChI=1S/C13H17ClN6O.C9H11BrN6/c1-3-15-12-10(14)4-16-13(18-12)17-11-5-20(19-8(11)2)9-6-21-7-9;1-11-8-6(10)5-12-9(15-8)14-7-3-4-13-16(7)2/h4-5,9H,3,6-7H2,1-2H3,(H2,15,16,17,18);3-5H,1-2H3,(H2,11,12,14,15). The normalized spacial score (nSPS) is 12.8. The van der Waals surface area contributed by atoms with E-state index in [4.69, 9.17) is 16.3 Å². The van der Waals surface area contributed by atoms with E-state index in [1.54, 1.807) is 30.3 Å². The third-order valence-electron chi connectivity index (χ3n) is 5.29. The van der Waals surface area contributed by atoms with E-state index in [2.05, 4.69) is 67.3 Å². The predicted octanol–water partition coefficient (Wildman–Crippen LogP) is 4.14. The van der Waals surface area contributed by atoms with Crippen LogP contribution in [0.2, 0.25) is 5.02 Å². The van der Waals surface area contributed by atoms with Crippen molar-refractivity contribution in [3.8, 4) is 0 Å².